The molecule has 0 aliphatic carbocycles. The summed E-state index contributed by atoms with van der Waals surface area (Å²) in [6.45, 7) is 1.36. The molecule has 0 atom stereocenters. The van der Waals surface area contributed by atoms with Crippen LogP contribution >= 0.6 is 24.0 Å². The highest BCUT2D eigenvalue weighted by Crippen LogP contribution is 1.90. The minimum Gasteiger partial charge on any atom is -0.341 e. The molecule has 0 aromatic heterocycles. The molecule has 0 bridgehead atoms. The molecule has 0 saturated heterocycles. The average molecular weight is 272 g/mol. The standard InChI is InChI=1S/C9H18ClN3O2.ClH/c1-11-9(15)13(2)8(14)4-7-12-6-3-5-10;/h12H,3-7H2,1-2H3,(H,11,15);1H. The molecule has 0 aliphatic rings. The van der Waals surface area contributed by atoms with E-state index in [-0.39, 0.29) is 24.3 Å². The van der Waals surface area contributed by atoms with E-state index >= 15 is 0 Å². The Bertz CT molecular complexity index is 215. The second-order valence-corrected chi connectivity index (χ2v) is 3.43. The second kappa shape index (κ2) is 11.0. The van der Waals surface area contributed by atoms with Gasteiger partial charge < -0.3 is 10.6 Å². The third-order valence-corrected chi connectivity index (χ3v) is 2.16. The molecule has 0 rings (SSSR count). The highest BCUT2D eigenvalue weighted by molar-refractivity contribution is 6.17. The molecular formula is C9H19Cl2N3O2. The van der Waals surface area contributed by atoms with E-state index in [0.717, 1.165) is 17.9 Å². The van der Waals surface area contributed by atoms with E-state index in [9.17, 15) is 9.59 Å². The number of imide groups is 1. The summed E-state index contributed by atoms with van der Waals surface area (Å²) in [4.78, 5) is 23.5. The fourth-order valence-corrected chi connectivity index (χ4v) is 1.09. The summed E-state index contributed by atoms with van der Waals surface area (Å²) in [7, 11) is 2.95. The monoisotopic (exact) mass is 271 g/mol. The van der Waals surface area contributed by atoms with Crippen molar-refractivity contribution in [2.45, 2.75) is 12.8 Å². The van der Waals surface area contributed by atoms with E-state index in [4.69, 9.17) is 11.6 Å². The normalized spacial score (nSPS) is 9.19. The number of nitrogens with one attached hydrogen (secondary N) is 2. The van der Waals surface area contributed by atoms with Gasteiger partial charge in [0.05, 0.1) is 0 Å². The summed E-state index contributed by atoms with van der Waals surface area (Å²) >= 11 is 5.49. The van der Waals surface area contributed by atoms with Gasteiger partial charge >= 0.3 is 6.03 Å². The summed E-state index contributed by atoms with van der Waals surface area (Å²) in [5.41, 5.74) is 0. The molecule has 0 saturated carbocycles. The first-order chi connectivity index (χ1) is 7.13. The lowest BCUT2D eigenvalue weighted by Crippen LogP contribution is -2.40. The van der Waals surface area contributed by atoms with Crippen LogP contribution in [-0.2, 0) is 4.79 Å². The van der Waals surface area contributed by atoms with Crippen LogP contribution in [0.3, 0.4) is 0 Å². The number of alkyl halides is 1. The van der Waals surface area contributed by atoms with Gasteiger partial charge in [-0.3, -0.25) is 9.69 Å². The minimum atomic E-state index is -0.388. The average Bonchev–Trinajstić information content (AvgIpc) is 2.26. The number of amides is 3. The van der Waals surface area contributed by atoms with Crippen molar-refractivity contribution in [1.82, 2.24) is 15.5 Å². The second-order valence-electron chi connectivity index (χ2n) is 3.05. The molecule has 96 valence electrons. The van der Waals surface area contributed by atoms with Gasteiger partial charge in [0.1, 0.15) is 0 Å². The maximum absolute atomic E-state index is 11.4. The molecule has 2 N–H and O–H groups in total. The van der Waals surface area contributed by atoms with Crippen molar-refractivity contribution in [3.8, 4) is 0 Å². The van der Waals surface area contributed by atoms with Crippen molar-refractivity contribution in [3.05, 3.63) is 0 Å². The van der Waals surface area contributed by atoms with E-state index in [2.05, 4.69) is 10.6 Å². The van der Waals surface area contributed by atoms with Crippen molar-refractivity contribution in [2.75, 3.05) is 33.1 Å². The molecule has 0 aromatic rings. The van der Waals surface area contributed by atoms with E-state index in [1.165, 1.54) is 14.1 Å². The molecule has 0 aromatic carbocycles. The number of carbonyl (C=O) groups excluding carboxylic acids is 2. The van der Waals surface area contributed by atoms with Gasteiger partial charge in [-0.2, -0.15) is 0 Å². The van der Waals surface area contributed by atoms with Crippen LogP contribution in [0.2, 0.25) is 0 Å². The summed E-state index contributed by atoms with van der Waals surface area (Å²) in [5, 5.41) is 5.45. The van der Waals surface area contributed by atoms with Gasteiger partial charge in [0.2, 0.25) is 5.91 Å². The topological polar surface area (TPSA) is 61.4 Å². The van der Waals surface area contributed by atoms with Gasteiger partial charge in [-0.25, -0.2) is 4.79 Å². The maximum atomic E-state index is 11.4. The van der Waals surface area contributed by atoms with E-state index in [1.807, 2.05) is 0 Å². The van der Waals surface area contributed by atoms with Crippen LogP contribution in [0.15, 0.2) is 0 Å². The number of rotatable bonds is 6. The predicted molar refractivity (Wildman–Crippen MR) is 67.3 cm³/mol. The zero-order chi connectivity index (χ0) is 11.7. The molecule has 3 amide bonds. The van der Waals surface area contributed by atoms with Crippen molar-refractivity contribution in [2.24, 2.45) is 0 Å². The van der Waals surface area contributed by atoms with Crippen LogP contribution < -0.4 is 10.6 Å². The Labute approximate surface area is 107 Å². The number of hydrogen-bond donors (Lipinski definition) is 2. The molecule has 0 spiro atoms. The molecule has 0 radical (unpaired) electrons. The van der Waals surface area contributed by atoms with E-state index in [0.29, 0.717) is 18.8 Å². The first-order valence-corrected chi connectivity index (χ1v) is 5.42. The number of hydrogen-bond acceptors (Lipinski definition) is 3. The smallest absolute Gasteiger partial charge is 0.323 e. The minimum absolute atomic E-state index is 0. The van der Waals surface area contributed by atoms with Crippen LogP contribution in [0.4, 0.5) is 4.79 Å². The van der Waals surface area contributed by atoms with Gasteiger partial charge in [0.15, 0.2) is 0 Å². The lowest BCUT2D eigenvalue weighted by atomic mass is 10.3. The fourth-order valence-electron chi connectivity index (χ4n) is 0.961. The number of urea groups is 1. The Balaban J connectivity index is 0. The van der Waals surface area contributed by atoms with Crippen molar-refractivity contribution < 1.29 is 9.59 Å². The number of nitrogens with zero attached hydrogens (tertiary/aromatic N) is 1. The Morgan fingerprint density at radius 1 is 1.31 bits per heavy atom. The fraction of sp³-hybridized carbons (Fsp3) is 0.778. The maximum Gasteiger partial charge on any atom is 0.323 e. The molecule has 0 fully saturated rings. The summed E-state index contributed by atoms with van der Waals surface area (Å²) in [6, 6.07) is -0.388. The SMILES string of the molecule is CNC(=O)N(C)C(=O)CCNCCCCl.Cl. The zero-order valence-electron chi connectivity index (χ0n) is 9.59. The van der Waals surface area contributed by atoms with Crippen LogP contribution in [0.5, 0.6) is 0 Å². The zero-order valence-corrected chi connectivity index (χ0v) is 11.2. The Morgan fingerprint density at radius 2 is 1.94 bits per heavy atom. The third kappa shape index (κ3) is 7.73. The molecular weight excluding hydrogens is 253 g/mol. The first kappa shape index (κ1) is 17.9. The Kier molecular flexibility index (Phi) is 12.3. The molecule has 7 heteroatoms. The van der Waals surface area contributed by atoms with Gasteiger partial charge in [-0.1, -0.05) is 0 Å². The van der Waals surface area contributed by atoms with E-state index in [1.54, 1.807) is 0 Å². The number of carbonyl (C=O) groups is 2. The lowest BCUT2D eigenvalue weighted by molar-refractivity contribution is -0.127. The predicted octanol–water partition coefficient (Wildman–Crippen LogP) is 0.815. The van der Waals surface area contributed by atoms with Crippen molar-refractivity contribution in [1.29, 1.82) is 0 Å². The van der Waals surface area contributed by atoms with Gasteiger partial charge in [0, 0.05) is 32.9 Å². The van der Waals surface area contributed by atoms with Crippen LogP contribution in [-0.4, -0.2) is 49.9 Å². The molecule has 0 unspecified atom stereocenters. The molecule has 0 aliphatic heterocycles. The molecule has 16 heavy (non-hydrogen) atoms. The Hall–Kier alpha value is -0.520. The highest BCUT2D eigenvalue weighted by Gasteiger charge is 2.13. The summed E-state index contributed by atoms with van der Waals surface area (Å²) < 4.78 is 0. The third-order valence-electron chi connectivity index (χ3n) is 1.90. The largest absolute Gasteiger partial charge is 0.341 e. The van der Waals surface area contributed by atoms with E-state index < -0.39 is 0 Å². The summed E-state index contributed by atoms with van der Waals surface area (Å²) in [5.74, 6) is 0.409. The quantitative estimate of drug-likeness (QED) is 0.555. The van der Waals surface area contributed by atoms with Gasteiger partial charge in [-0.15, -0.1) is 24.0 Å². The first-order valence-electron chi connectivity index (χ1n) is 4.88. The summed E-state index contributed by atoms with van der Waals surface area (Å²) in [6.07, 6.45) is 1.19. The highest BCUT2D eigenvalue weighted by atomic mass is 35.5. The van der Waals surface area contributed by atoms with Gasteiger partial charge in [0.25, 0.3) is 0 Å². The number of halogens is 2. The van der Waals surface area contributed by atoms with Crippen molar-refractivity contribution >= 4 is 35.9 Å². The molecule has 5 nitrogen and oxygen atoms in total. The van der Waals surface area contributed by atoms with Crippen LogP contribution in [0.25, 0.3) is 0 Å². The van der Waals surface area contributed by atoms with Gasteiger partial charge in [-0.05, 0) is 13.0 Å². The molecule has 0 heterocycles. The van der Waals surface area contributed by atoms with Crippen LogP contribution in [0, 0.1) is 0 Å². The van der Waals surface area contributed by atoms with Crippen LogP contribution in [0.1, 0.15) is 12.8 Å². The lowest BCUT2D eigenvalue weighted by Gasteiger charge is -2.14. The Morgan fingerprint density at radius 3 is 2.44 bits per heavy atom. The van der Waals surface area contributed by atoms with Crippen molar-refractivity contribution in [3.63, 3.8) is 0 Å².